The van der Waals surface area contributed by atoms with Crippen LogP contribution in [0.1, 0.15) is 132 Å². The predicted octanol–water partition coefficient (Wildman–Crippen LogP) is 8.57. The van der Waals surface area contributed by atoms with Gasteiger partial charge in [-0.1, -0.05) is 82.2 Å². The number of carbonyl (C=O) groups excluding carboxylic acids is 3. The molecular weight excluding hydrogens is 663 g/mol. The summed E-state index contributed by atoms with van der Waals surface area (Å²) in [4.78, 5) is 39.4. The van der Waals surface area contributed by atoms with Gasteiger partial charge in [-0.25, -0.2) is 4.79 Å². The van der Waals surface area contributed by atoms with Crippen molar-refractivity contribution in [3.05, 3.63) is 65.2 Å². The lowest BCUT2D eigenvalue weighted by Gasteiger charge is -2.49. The number of ether oxygens (including phenoxy) is 2. The van der Waals surface area contributed by atoms with E-state index < -0.39 is 0 Å². The molecule has 5 aliphatic rings. The van der Waals surface area contributed by atoms with E-state index in [9.17, 15) is 14.4 Å². The minimum absolute atomic E-state index is 0.259. The lowest BCUT2D eigenvalue weighted by molar-refractivity contribution is -0.124. The first kappa shape index (κ1) is 39.3. The molecule has 0 aromatic heterocycles. The topological polar surface area (TPSA) is 88.2 Å². The second-order valence-corrected chi connectivity index (χ2v) is 17.0. The summed E-state index contributed by atoms with van der Waals surface area (Å²) in [6.45, 7) is 10.0. The van der Waals surface area contributed by atoms with Crippen molar-refractivity contribution in [2.75, 3.05) is 39.3 Å². The molecule has 4 aliphatic carbocycles. The smallest absolute Gasteiger partial charge is 0.338 e. The zero-order valence-electron chi connectivity index (χ0n) is 32.6. The highest BCUT2D eigenvalue weighted by molar-refractivity contribution is 5.89. The number of carbonyl (C=O) groups is 3. The first-order valence-corrected chi connectivity index (χ1v) is 21.0. The molecule has 53 heavy (non-hydrogen) atoms. The van der Waals surface area contributed by atoms with Crippen LogP contribution in [0.5, 0.6) is 5.75 Å². The van der Waals surface area contributed by atoms with Gasteiger partial charge in [0.25, 0.3) is 0 Å². The molecule has 1 saturated heterocycles. The Morgan fingerprint density at radius 1 is 0.849 bits per heavy atom. The molecule has 5 fully saturated rings. The standard InChI is InChI=1S/C30H42N2O4.C15H23NO/c1-2-3-4-5-6-7-8-11-22-35-30(34)27-16-14-26(15-17-27)24-36-29-13-10-9-12-28(29)23-31-18-20-32(25-33)21-19-31;1-2-16-13(17)8-14-5-10-3-11-4-12(7-14)15(11,6-10)9-14/h9-10,12-17,25H,2-8,11,18-24H2,1H3;10-12H,2-9H2,1H3,(H,16,17). The molecule has 1 spiro atoms. The predicted molar refractivity (Wildman–Crippen MR) is 209 cm³/mol. The molecule has 4 saturated carbocycles. The number of amides is 2. The van der Waals surface area contributed by atoms with Gasteiger partial charge in [-0.05, 0) is 104 Å². The van der Waals surface area contributed by atoms with Gasteiger partial charge in [-0.15, -0.1) is 0 Å². The summed E-state index contributed by atoms with van der Waals surface area (Å²) in [5.41, 5.74) is 3.86. The van der Waals surface area contributed by atoms with E-state index in [0.29, 0.717) is 30.1 Å². The summed E-state index contributed by atoms with van der Waals surface area (Å²) in [6.07, 6.45) is 20.2. The number of fused-ring (bicyclic) bond motifs is 2. The van der Waals surface area contributed by atoms with E-state index in [0.717, 1.165) is 105 Å². The molecular formula is C45H65N3O5. The minimum atomic E-state index is -0.259. The molecule has 8 heteroatoms. The van der Waals surface area contributed by atoms with E-state index in [1.54, 1.807) is 0 Å². The Bertz CT molecular complexity index is 1490. The lowest BCUT2D eigenvalue weighted by Crippen LogP contribution is -2.45. The molecule has 0 radical (unpaired) electrons. The van der Waals surface area contributed by atoms with Crippen molar-refractivity contribution in [2.45, 2.75) is 123 Å². The molecule has 1 aliphatic heterocycles. The molecule has 7 rings (SSSR count). The minimum Gasteiger partial charge on any atom is -0.489 e. The van der Waals surface area contributed by atoms with Crippen LogP contribution in [0.4, 0.5) is 0 Å². The van der Waals surface area contributed by atoms with Gasteiger partial charge in [0.15, 0.2) is 0 Å². The van der Waals surface area contributed by atoms with Crippen molar-refractivity contribution < 1.29 is 23.9 Å². The molecule has 1 heterocycles. The number of nitrogens with one attached hydrogen (secondary N) is 1. The quantitative estimate of drug-likeness (QED) is 0.0887. The van der Waals surface area contributed by atoms with Gasteiger partial charge >= 0.3 is 5.97 Å². The van der Waals surface area contributed by atoms with Gasteiger partial charge in [0.05, 0.1) is 12.2 Å². The van der Waals surface area contributed by atoms with Gasteiger partial charge in [-0.3, -0.25) is 14.5 Å². The van der Waals surface area contributed by atoms with E-state index >= 15 is 0 Å². The summed E-state index contributed by atoms with van der Waals surface area (Å²) in [5, 5.41) is 3.01. The van der Waals surface area contributed by atoms with E-state index in [1.165, 1.54) is 77.0 Å². The summed E-state index contributed by atoms with van der Waals surface area (Å²) < 4.78 is 11.6. The summed E-state index contributed by atoms with van der Waals surface area (Å²) in [6, 6.07) is 15.6. The number of benzene rings is 2. The molecule has 2 amide bonds. The highest BCUT2D eigenvalue weighted by Crippen LogP contribution is 2.79. The second kappa shape index (κ2) is 18.8. The Kier molecular flexibility index (Phi) is 13.9. The number of para-hydroxylation sites is 1. The zero-order chi connectivity index (χ0) is 37.1. The normalized spacial score (nSPS) is 26.6. The summed E-state index contributed by atoms with van der Waals surface area (Å²) in [5.74, 6) is 3.93. The number of esters is 1. The monoisotopic (exact) mass is 727 g/mol. The number of hydrogen-bond acceptors (Lipinski definition) is 6. The molecule has 290 valence electrons. The highest BCUT2D eigenvalue weighted by Gasteiger charge is 2.70. The van der Waals surface area contributed by atoms with Crippen LogP contribution in [0, 0.1) is 28.6 Å². The van der Waals surface area contributed by atoms with Crippen LogP contribution in [-0.4, -0.2) is 67.4 Å². The van der Waals surface area contributed by atoms with Crippen LogP contribution >= 0.6 is 0 Å². The van der Waals surface area contributed by atoms with Crippen LogP contribution < -0.4 is 10.1 Å². The number of piperazine rings is 1. The van der Waals surface area contributed by atoms with Crippen LogP contribution in [0.15, 0.2) is 48.5 Å². The third-order valence-electron chi connectivity index (χ3n) is 13.2. The molecule has 5 atom stereocenters. The maximum atomic E-state index is 12.3. The van der Waals surface area contributed by atoms with E-state index in [-0.39, 0.29) is 5.97 Å². The van der Waals surface area contributed by atoms with Gasteiger partial charge in [-0.2, -0.15) is 0 Å². The maximum Gasteiger partial charge on any atom is 0.338 e. The Labute approximate surface area is 318 Å². The van der Waals surface area contributed by atoms with Crippen molar-refractivity contribution in [1.29, 1.82) is 0 Å². The van der Waals surface area contributed by atoms with E-state index in [4.69, 9.17) is 9.47 Å². The molecule has 2 aromatic rings. The van der Waals surface area contributed by atoms with Crippen molar-refractivity contribution in [3.63, 3.8) is 0 Å². The van der Waals surface area contributed by atoms with E-state index in [1.807, 2.05) is 54.3 Å². The van der Waals surface area contributed by atoms with E-state index in [2.05, 4.69) is 23.2 Å². The Morgan fingerprint density at radius 3 is 2.32 bits per heavy atom. The molecule has 3 bridgehead atoms. The maximum absolute atomic E-state index is 12.3. The highest BCUT2D eigenvalue weighted by atomic mass is 16.5. The fraction of sp³-hybridized carbons (Fsp3) is 0.667. The second-order valence-electron chi connectivity index (χ2n) is 17.0. The summed E-state index contributed by atoms with van der Waals surface area (Å²) >= 11 is 0. The molecule has 8 nitrogen and oxygen atoms in total. The number of unbranched alkanes of at least 4 members (excludes halogenated alkanes) is 7. The molecule has 2 aromatic carbocycles. The van der Waals surface area contributed by atoms with Crippen molar-refractivity contribution in [1.82, 2.24) is 15.1 Å². The van der Waals surface area contributed by atoms with Crippen LogP contribution in [0.3, 0.4) is 0 Å². The number of rotatable bonds is 19. The first-order valence-electron chi connectivity index (χ1n) is 21.0. The molecule has 1 N–H and O–H groups in total. The van der Waals surface area contributed by atoms with Gasteiger partial charge in [0.2, 0.25) is 12.3 Å². The van der Waals surface area contributed by atoms with Gasteiger partial charge in [0.1, 0.15) is 12.4 Å². The SMILES string of the molecule is CCCCCCCCCCOC(=O)c1ccc(COc2ccccc2CN2CCN(C=O)CC2)cc1.CCNC(=O)CC12CC3CC4CC(C1)C4(C3)C2. The average molecular weight is 728 g/mol. The third-order valence-corrected chi connectivity index (χ3v) is 13.2. The van der Waals surface area contributed by atoms with Crippen LogP contribution in [0.25, 0.3) is 0 Å². The zero-order valence-corrected chi connectivity index (χ0v) is 32.6. The van der Waals surface area contributed by atoms with Crippen LogP contribution in [-0.2, 0) is 27.5 Å². The fourth-order valence-electron chi connectivity index (χ4n) is 10.8. The number of nitrogens with zero attached hydrogens (tertiary/aromatic N) is 2. The first-order chi connectivity index (χ1) is 25.8. The lowest BCUT2D eigenvalue weighted by atomic mass is 9.55. The molecule has 5 unspecified atom stereocenters. The van der Waals surface area contributed by atoms with Gasteiger partial charge < -0.3 is 19.7 Å². The Hall–Kier alpha value is -3.39. The van der Waals surface area contributed by atoms with Crippen molar-refractivity contribution in [3.8, 4) is 5.75 Å². The average Bonchev–Trinajstić information content (AvgIpc) is 3.48. The van der Waals surface area contributed by atoms with Crippen LogP contribution in [0.2, 0.25) is 0 Å². The Balaban J connectivity index is 0.000000231. The van der Waals surface area contributed by atoms with Gasteiger partial charge in [0, 0.05) is 51.3 Å². The fourth-order valence-corrected chi connectivity index (χ4v) is 10.8. The number of hydrogen-bond donors (Lipinski definition) is 1. The van der Waals surface area contributed by atoms with Crippen molar-refractivity contribution >= 4 is 18.3 Å². The Morgan fingerprint density at radius 2 is 1.58 bits per heavy atom. The van der Waals surface area contributed by atoms with Crippen molar-refractivity contribution in [2.24, 2.45) is 28.6 Å². The largest absolute Gasteiger partial charge is 0.489 e. The summed E-state index contributed by atoms with van der Waals surface area (Å²) in [7, 11) is 0. The third kappa shape index (κ3) is 10.0.